The van der Waals surface area contributed by atoms with Crippen LogP contribution in [0.4, 0.5) is 10.5 Å². The quantitative estimate of drug-likeness (QED) is 0.473. The molecule has 0 N–H and O–H groups in total. The SMILES string of the molecule is Cc1ccc(N2C(=O)SC(=Cc3cc(C)n(-c4ccc(C)cc4C)c3C)C2=O)cc1. The molecular weight excluding hydrogens is 392 g/mol. The van der Waals surface area contributed by atoms with Crippen LogP contribution >= 0.6 is 11.8 Å². The van der Waals surface area contributed by atoms with Crippen LogP contribution in [0.3, 0.4) is 0 Å². The first kappa shape index (κ1) is 20.2. The largest absolute Gasteiger partial charge is 0.318 e. The average molecular weight is 417 g/mol. The number of amides is 2. The third kappa shape index (κ3) is 3.50. The topological polar surface area (TPSA) is 42.3 Å². The molecule has 0 bridgehead atoms. The van der Waals surface area contributed by atoms with Crippen LogP contribution in [0.5, 0.6) is 0 Å². The fourth-order valence-corrected chi connectivity index (χ4v) is 4.72. The predicted octanol–water partition coefficient (Wildman–Crippen LogP) is 6.26. The van der Waals surface area contributed by atoms with Gasteiger partial charge in [0.15, 0.2) is 0 Å². The van der Waals surface area contributed by atoms with E-state index >= 15 is 0 Å². The lowest BCUT2D eigenvalue weighted by Gasteiger charge is -2.13. The molecule has 4 nitrogen and oxygen atoms in total. The highest BCUT2D eigenvalue weighted by Crippen LogP contribution is 2.37. The molecule has 1 saturated heterocycles. The number of anilines is 1. The lowest BCUT2D eigenvalue weighted by molar-refractivity contribution is -0.113. The molecule has 2 aromatic carbocycles. The summed E-state index contributed by atoms with van der Waals surface area (Å²) in [5.41, 5.74) is 8.31. The Morgan fingerprint density at radius 2 is 1.50 bits per heavy atom. The second-order valence-corrected chi connectivity index (χ2v) is 8.80. The van der Waals surface area contributed by atoms with Crippen molar-refractivity contribution >= 4 is 34.7 Å². The van der Waals surface area contributed by atoms with Crippen LogP contribution in [0.15, 0.2) is 53.4 Å². The van der Waals surface area contributed by atoms with E-state index in [4.69, 9.17) is 0 Å². The minimum absolute atomic E-state index is 0.265. The van der Waals surface area contributed by atoms with Crippen molar-refractivity contribution in [3.63, 3.8) is 0 Å². The predicted molar refractivity (Wildman–Crippen MR) is 124 cm³/mol. The maximum absolute atomic E-state index is 13.0. The summed E-state index contributed by atoms with van der Waals surface area (Å²) in [6.45, 7) is 10.3. The first-order valence-electron chi connectivity index (χ1n) is 9.87. The molecule has 1 aliphatic heterocycles. The van der Waals surface area contributed by atoms with Crippen molar-refractivity contribution < 1.29 is 9.59 Å². The van der Waals surface area contributed by atoms with E-state index in [9.17, 15) is 9.59 Å². The van der Waals surface area contributed by atoms with E-state index in [0.29, 0.717) is 10.6 Å². The van der Waals surface area contributed by atoms with Gasteiger partial charge in [-0.15, -0.1) is 0 Å². The molecule has 0 spiro atoms. The number of carbonyl (C=O) groups is 2. The highest BCUT2D eigenvalue weighted by Gasteiger charge is 2.36. The van der Waals surface area contributed by atoms with Crippen molar-refractivity contribution in [3.05, 3.63) is 87.1 Å². The number of rotatable bonds is 3. The van der Waals surface area contributed by atoms with Gasteiger partial charge in [0.05, 0.1) is 10.6 Å². The van der Waals surface area contributed by atoms with Crippen LogP contribution in [0, 0.1) is 34.6 Å². The van der Waals surface area contributed by atoms with Crippen molar-refractivity contribution in [2.75, 3.05) is 4.90 Å². The molecule has 152 valence electrons. The van der Waals surface area contributed by atoms with Gasteiger partial charge in [-0.2, -0.15) is 0 Å². The highest BCUT2D eigenvalue weighted by molar-refractivity contribution is 8.19. The molecule has 0 radical (unpaired) electrons. The molecule has 0 unspecified atom stereocenters. The van der Waals surface area contributed by atoms with Gasteiger partial charge in [0.25, 0.3) is 11.1 Å². The van der Waals surface area contributed by atoms with Crippen LogP contribution in [0.2, 0.25) is 0 Å². The molecule has 1 aromatic heterocycles. The zero-order valence-corrected chi connectivity index (χ0v) is 18.6. The number of imide groups is 1. The van der Waals surface area contributed by atoms with Gasteiger partial charge in [0, 0.05) is 17.1 Å². The Kier molecular flexibility index (Phi) is 5.16. The van der Waals surface area contributed by atoms with E-state index in [1.165, 1.54) is 16.0 Å². The average Bonchev–Trinajstić information content (AvgIpc) is 3.12. The van der Waals surface area contributed by atoms with Crippen molar-refractivity contribution in [1.82, 2.24) is 4.57 Å². The molecule has 0 atom stereocenters. The molecule has 2 heterocycles. The number of aromatic nitrogens is 1. The van der Waals surface area contributed by atoms with Crippen LogP contribution in [-0.4, -0.2) is 15.7 Å². The van der Waals surface area contributed by atoms with Gasteiger partial charge in [-0.25, -0.2) is 4.90 Å². The second-order valence-electron chi connectivity index (χ2n) is 7.80. The zero-order chi connectivity index (χ0) is 21.6. The summed E-state index contributed by atoms with van der Waals surface area (Å²) in [7, 11) is 0. The molecular formula is C25H24N2O2S. The van der Waals surface area contributed by atoms with Crippen molar-refractivity contribution in [2.24, 2.45) is 0 Å². The second kappa shape index (κ2) is 7.65. The number of hydrogen-bond donors (Lipinski definition) is 0. The fourth-order valence-electron chi connectivity index (χ4n) is 3.89. The Hall–Kier alpha value is -3.05. The summed E-state index contributed by atoms with van der Waals surface area (Å²) in [4.78, 5) is 27.2. The molecule has 1 aliphatic rings. The first-order chi connectivity index (χ1) is 14.3. The minimum atomic E-state index is -0.273. The number of carbonyl (C=O) groups excluding carboxylic acids is 2. The van der Waals surface area contributed by atoms with Crippen LogP contribution in [-0.2, 0) is 4.79 Å². The van der Waals surface area contributed by atoms with E-state index in [2.05, 4.69) is 49.6 Å². The lowest BCUT2D eigenvalue weighted by atomic mass is 10.1. The van der Waals surface area contributed by atoms with E-state index in [1.54, 1.807) is 12.1 Å². The van der Waals surface area contributed by atoms with Gasteiger partial charge in [-0.1, -0.05) is 35.4 Å². The van der Waals surface area contributed by atoms with E-state index in [0.717, 1.165) is 40.0 Å². The Balaban J connectivity index is 1.71. The highest BCUT2D eigenvalue weighted by atomic mass is 32.2. The van der Waals surface area contributed by atoms with Crippen molar-refractivity contribution in [2.45, 2.75) is 34.6 Å². The first-order valence-corrected chi connectivity index (χ1v) is 10.7. The number of thioether (sulfide) groups is 1. The molecule has 30 heavy (non-hydrogen) atoms. The molecule has 5 heteroatoms. The lowest BCUT2D eigenvalue weighted by Crippen LogP contribution is -2.27. The summed E-state index contributed by atoms with van der Waals surface area (Å²) in [6, 6.07) is 15.9. The van der Waals surface area contributed by atoms with Crippen molar-refractivity contribution in [1.29, 1.82) is 0 Å². The summed E-state index contributed by atoms with van der Waals surface area (Å²) >= 11 is 0.990. The van der Waals surface area contributed by atoms with Crippen LogP contribution in [0.1, 0.15) is 33.6 Å². The molecule has 2 amide bonds. The van der Waals surface area contributed by atoms with Gasteiger partial charge in [-0.3, -0.25) is 9.59 Å². The Bertz CT molecular complexity index is 1200. The number of benzene rings is 2. The third-order valence-corrected chi connectivity index (χ3v) is 6.31. The third-order valence-electron chi connectivity index (χ3n) is 5.44. The fraction of sp³-hybridized carbons (Fsp3) is 0.200. The summed E-state index contributed by atoms with van der Waals surface area (Å²) < 4.78 is 2.20. The Labute approximate surface area is 181 Å². The molecule has 4 rings (SSSR count). The number of hydrogen-bond acceptors (Lipinski definition) is 3. The number of aryl methyl sites for hydroxylation is 4. The molecule has 0 saturated carbocycles. The van der Waals surface area contributed by atoms with E-state index in [-0.39, 0.29) is 11.1 Å². The van der Waals surface area contributed by atoms with Gasteiger partial charge < -0.3 is 4.57 Å². The van der Waals surface area contributed by atoms with Gasteiger partial charge in [0.1, 0.15) is 0 Å². The minimum Gasteiger partial charge on any atom is -0.318 e. The van der Waals surface area contributed by atoms with Crippen molar-refractivity contribution in [3.8, 4) is 5.69 Å². The monoisotopic (exact) mass is 416 g/mol. The van der Waals surface area contributed by atoms with Crippen LogP contribution < -0.4 is 4.90 Å². The summed E-state index contributed by atoms with van der Waals surface area (Å²) in [5.74, 6) is -0.273. The summed E-state index contributed by atoms with van der Waals surface area (Å²) in [5, 5.41) is -0.265. The Morgan fingerprint density at radius 1 is 0.833 bits per heavy atom. The standard InChI is InChI=1S/C25H24N2O2S/c1-15-6-9-21(10-7-15)27-24(28)23(30-25(27)29)14-20-13-18(4)26(19(20)5)22-11-8-16(2)12-17(22)3/h6-14H,1-5H3. The number of nitrogens with zero attached hydrogens (tertiary/aromatic N) is 2. The summed E-state index contributed by atoms with van der Waals surface area (Å²) in [6.07, 6.45) is 1.83. The van der Waals surface area contributed by atoms with Gasteiger partial charge >= 0.3 is 0 Å². The molecule has 3 aromatic rings. The zero-order valence-electron chi connectivity index (χ0n) is 17.8. The Morgan fingerprint density at radius 3 is 2.17 bits per heavy atom. The maximum Gasteiger partial charge on any atom is 0.298 e. The van der Waals surface area contributed by atoms with Crippen LogP contribution in [0.25, 0.3) is 11.8 Å². The van der Waals surface area contributed by atoms with E-state index in [1.807, 2.05) is 32.1 Å². The molecule has 1 fully saturated rings. The van der Waals surface area contributed by atoms with Gasteiger partial charge in [-0.05, 0) is 87.8 Å². The van der Waals surface area contributed by atoms with E-state index < -0.39 is 0 Å². The maximum atomic E-state index is 13.0. The normalized spacial score (nSPS) is 15.5. The smallest absolute Gasteiger partial charge is 0.298 e. The van der Waals surface area contributed by atoms with Gasteiger partial charge in [0.2, 0.25) is 0 Å². The molecule has 0 aliphatic carbocycles.